The lowest BCUT2D eigenvalue weighted by atomic mass is 9.90. The Morgan fingerprint density at radius 2 is 2.41 bits per heavy atom. The largest absolute Gasteiger partial charge is 0.453 e. The molecule has 7 heteroatoms. The van der Waals surface area contributed by atoms with Gasteiger partial charge in [-0.3, -0.25) is 0 Å². The molecule has 0 aromatic carbocycles. The van der Waals surface area contributed by atoms with E-state index in [4.69, 9.17) is 4.74 Å². The van der Waals surface area contributed by atoms with E-state index >= 15 is 0 Å². The molecule has 0 spiro atoms. The normalized spacial score (nSPS) is 17.3. The van der Waals surface area contributed by atoms with E-state index in [0.717, 1.165) is 25.8 Å². The van der Waals surface area contributed by atoms with E-state index in [1.807, 2.05) is 6.07 Å². The van der Waals surface area contributed by atoms with Gasteiger partial charge >= 0.3 is 5.97 Å². The summed E-state index contributed by atoms with van der Waals surface area (Å²) in [5, 5.41) is 11.4. The lowest BCUT2D eigenvalue weighted by Crippen LogP contribution is -2.10. The van der Waals surface area contributed by atoms with Crippen molar-refractivity contribution in [2.75, 3.05) is 0 Å². The summed E-state index contributed by atoms with van der Waals surface area (Å²) < 4.78 is 7.05. The van der Waals surface area contributed by atoms with Crippen molar-refractivity contribution in [3.63, 3.8) is 0 Å². The summed E-state index contributed by atoms with van der Waals surface area (Å²) in [5.41, 5.74) is 1.31. The molecule has 2 aromatic heterocycles. The van der Waals surface area contributed by atoms with Crippen LogP contribution in [0.1, 0.15) is 52.6 Å². The first kappa shape index (κ1) is 15.1. The van der Waals surface area contributed by atoms with Crippen LogP contribution in [-0.2, 0) is 30.7 Å². The van der Waals surface area contributed by atoms with Gasteiger partial charge in [-0.05, 0) is 53.7 Å². The van der Waals surface area contributed by atoms with Gasteiger partial charge in [-0.25, -0.2) is 9.48 Å². The molecule has 0 amide bonds. The molecule has 0 aliphatic heterocycles. The molecule has 2 aromatic rings. The first-order valence-electron chi connectivity index (χ1n) is 7.71. The summed E-state index contributed by atoms with van der Waals surface area (Å²) in [6, 6.07) is 1.99. The van der Waals surface area contributed by atoms with Gasteiger partial charge in [-0.2, -0.15) is 0 Å². The van der Waals surface area contributed by atoms with Crippen LogP contribution in [0.2, 0.25) is 0 Å². The molecule has 0 bridgehead atoms. The fourth-order valence-corrected chi connectivity index (χ4v) is 3.82. The third-order valence-electron chi connectivity index (χ3n) is 3.90. The van der Waals surface area contributed by atoms with Crippen molar-refractivity contribution in [2.24, 2.45) is 5.92 Å². The summed E-state index contributed by atoms with van der Waals surface area (Å²) in [4.78, 5) is 14.2. The molecule has 1 atom stereocenters. The monoisotopic (exact) mass is 320 g/mol. The van der Waals surface area contributed by atoms with E-state index in [-0.39, 0.29) is 12.6 Å². The number of ether oxygens (including phenoxy) is 1. The standard InChI is InChI=1S/C15H20N4O2S/c1-3-6-19-14(16-17-18-19)9-21-15(20)13-8-11-7-10(2)4-5-12(11)22-13/h8,10H,3-7,9H2,1-2H3. The van der Waals surface area contributed by atoms with Gasteiger partial charge in [-0.1, -0.05) is 13.8 Å². The van der Waals surface area contributed by atoms with Crippen molar-refractivity contribution in [3.05, 3.63) is 27.2 Å². The highest BCUT2D eigenvalue weighted by Crippen LogP contribution is 2.32. The van der Waals surface area contributed by atoms with Gasteiger partial charge in [0, 0.05) is 11.4 Å². The zero-order valence-electron chi connectivity index (χ0n) is 12.9. The van der Waals surface area contributed by atoms with E-state index in [0.29, 0.717) is 16.6 Å². The molecule has 0 saturated heterocycles. The molecule has 1 unspecified atom stereocenters. The highest BCUT2D eigenvalue weighted by Gasteiger charge is 2.21. The van der Waals surface area contributed by atoms with Gasteiger partial charge in [-0.15, -0.1) is 16.4 Å². The molecule has 3 rings (SSSR count). The molecule has 0 fully saturated rings. The van der Waals surface area contributed by atoms with Crippen molar-refractivity contribution in [1.29, 1.82) is 0 Å². The quantitative estimate of drug-likeness (QED) is 0.792. The molecule has 0 saturated carbocycles. The van der Waals surface area contributed by atoms with Gasteiger partial charge in [0.05, 0.1) is 0 Å². The zero-order chi connectivity index (χ0) is 15.5. The van der Waals surface area contributed by atoms with Gasteiger partial charge in [0.2, 0.25) is 0 Å². The van der Waals surface area contributed by atoms with Crippen LogP contribution in [0.4, 0.5) is 0 Å². The Bertz CT molecular complexity index is 664. The van der Waals surface area contributed by atoms with E-state index in [2.05, 4.69) is 29.4 Å². The highest BCUT2D eigenvalue weighted by atomic mass is 32.1. The van der Waals surface area contributed by atoms with Crippen LogP contribution in [0.3, 0.4) is 0 Å². The van der Waals surface area contributed by atoms with Crippen molar-refractivity contribution >= 4 is 17.3 Å². The van der Waals surface area contributed by atoms with Crippen LogP contribution in [0.5, 0.6) is 0 Å². The second-order valence-electron chi connectivity index (χ2n) is 5.80. The lowest BCUT2D eigenvalue weighted by Gasteiger charge is -2.16. The number of tetrazole rings is 1. The minimum atomic E-state index is -0.280. The molecule has 2 heterocycles. The topological polar surface area (TPSA) is 69.9 Å². The zero-order valence-corrected chi connectivity index (χ0v) is 13.7. The maximum Gasteiger partial charge on any atom is 0.348 e. The van der Waals surface area contributed by atoms with Crippen LogP contribution in [0.25, 0.3) is 0 Å². The van der Waals surface area contributed by atoms with Crippen molar-refractivity contribution < 1.29 is 9.53 Å². The third-order valence-corrected chi connectivity index (χ3v) is 5.12. The first-order valence-corrected chi connectivity index (χ1v) is 8.52. The molecule has 1 aliphatic rings. The van der Waals surface area contributed by atoms with Crippen LogP contribution >= 0.6 is 11.3 Å². The summed E-state index contributed by atoms with van der Waals surface area (Å²) in [7, 11) is 0. The predicted molar refractivity (Wildman–Crippen MR) is 82.7 cm³/mol. The number of esters is 1. The lowest BCUT2D eigenvalue weighted by molar-refractivity contribution is 0.0462. The molecule has 0 radical (unpaired) electrons. The molecule has 1 aliphatic carbocycles. The summed E-state index contributed by atoms with van der Waals surface area (Å²) >= 11 is 1.56. The highest BCUT2D eigenvalue weighted by molar-refractivity contribution is 7.14. The number of hydrogen-bond donors (Lipinski definition) is 0. The predicted octanol–water partition coefficient (Wildman–Crippen LogP) is 2.63. The second-order valence-corrected chi connectivity index (χ2v) is 6.94. The smallest absolute Gasteiger partial charge is 0.348 e. The van der Waals surface area contributed by atoms with E-state index < -0.39 is 0 Å². The third kappa shape index (κ3) is 3.19. The van der Waals surface area contributed by atoms with Crippen LogP contribution in [-0.4, -0.2) is 26.2 Å². The van der Waals surface area contributed by atoms with Crippen molar-refractivity contribution in [2.45, 2.75) is 52.7 Å². The molecule has 22 heavy (non-hydrogen) atoms. The Labute approximate surface area is 133 Å². The number of fused-ring (bicyclic) bond motifs is 1. The summed E-state index contributed by atoms with van der Waals surface area (Å²) in [6.45, 7) is 5.15. The maximum absolute atomic E-state index is 12.2. The number of carbonyl (C=O) groups excluding carboxylic acids is 1. The Kier molecular flexibility index (Phi) is 4.52. The second kappa shape index (κ2) is 6.56. The number of aromatic nitrogens is 4. The van der Waals surface area contributed by atoms with E-state index in [1.165, 1.54) is 16.9 Å². The Balaban J connectivity index is 1.64. The SMILES string of the molecule is CCCn1nnnc1COC(=O)c1cc2c(s1)CCC(C)C2. The Morgan fingerprint density at radius 1 is 1.55 bits per heavy atom. The number of hydrogen-bond acceptors (Lipinski definition) is 6. The van der Waals surface area contributed by atoms with Gasteiger partial charge in [0.15, 0.2) is 12.4 Å². The van der Waals surface area contributed by atoms with Gasteiger partial charge in [0.25, 0.3) is 0 Å². The Hall–Kier alpha value is -1.76. The minimum absolute atomic E-state index is 0.116. The summed E-state index contributed by atoms with van der Waals surface area (Å²) in [6.07, 6.45) is 4.27. The molecule has 6 nitrogen and oxygen atoms in total. The summed E-state index contributed by atoms with van der Waals surface area (Å²) in [5.74, 6) is 1.01. The fraction of sp³-hybridized carbons (Fsp3) is 0.600. The van der Waals surface area contributed by atoms with Crippen LogP contribution in [0, 0.1) is 5.92 Å². The molecular formula is C15H20N4O2S. The number of carbonyl (C=O) groups is 1. The van der Waals surface area contributed by atoms with Crippen LogP contribution < -0.4 is 0 Å². The average Bonchev–Trinajstić information content (AvgIpc) is 3.11. The number of thiophene rings is 1. The van der Waals surface area contributed by atoms with Gasteiger partial charge in [0.1, 0.15) is 4.88 Å². The fourth-order valence-electron chi connectivity index (χ4n) is 2.72. The van der Waals surface area contributed by atoms with Crippen LogP contribution in [0.15, 0.2) is 6.07 Å². The molecule has 118 valence electrons. The number of rotatable bonds is 5. The first-order chi connectivity index (χ1) is 10.7. The molecular weight excluding hydrogens is 300 g/mol. The molecule has 0 N–H and O–H groups in total. The average molecular weight is 320 g/mol. The Morgan fingerprint density at radius 3 is 3.23 bits per heavy atom. The number of aryl methyl sites for hydroxylation is 2. The number of nitrogens with zero attached hydrogens (tertiary/aromatic N) is 4. The van der Waals surface area contributed by atoms with Crippen molar-refractivity contribution in [1.82, 2.24) is 20.2 Å². The van der Waals surface area contributed by atoms with E-state index in [1.54, 1.807) is 16.0 Å². The van der Waals surface area contributed by atoms with E-state index in [9.17, 15) is 4.79 Å². The van der Waals surface area contributed by atoms with Gasteiger partial charge < -0.3 is 4.74 Å². The maximum atomic E-state index is 12.2. The minimum Gasteiger partial charge on any atom is -0.453 e. The van der Waals surface area contributed by atoms with Crippen molar-refractivity contribution in [3.8, 4) is 0 Å².